The molecular formula is C20H15N5O2S. The Kier molecular flexibility index (Phi) is 3.95. The van der Waals surface area contributed by atoms with Crippen molar-refractivity contribution in [2.24, 2.45) is 0 Å². The summed E-state index contributed by atoms with van der Waals surface area (Å²) in [5.74, 6) is 2.05. The second kappa shape index (κ2) is 6.62. The van der Waals surface area contributed by atoms with Crippen molar-refractivity contribution in [3.63, 3.8) is 0 Å². The largest absolute Gasteiger partial charge is 0.486 e. The number of nitrogens with zero attached hydrogens (tertiary/aromatic N) is 4. The van der Waals surface area contributed by atoms with Crippen molar-refractivity contribution < 1.29 is 4.74 Å². The highest BCUT2D eigenvalue weighted by atomic mass is 32.1. The molecule has 5 rings (SSSR count). The number of aromatic nitrogens is 4. The van der Waals surface area contributed by atoms with Crippen LogP contribution < -0.4 is 10.3 Å². The van der Waals surface area contributed by atoms with Crippen LogP contribution in [0, 0.1) is 11.3 Å². The van der Waals surface area contributed by atoms with Crippen molar-refractivity contribution in [2.45, 2.75) is 25.4 Å². The average Bonchev–Trinajstić information content (AvgIpc) is 3.30. The van der Waals surface area contributed by atoms with E-state index >= 15 is 0 Å². The van der Waals surface area contributed by atoms with Gasteiger partial charge in [-0.2, -0.15) is 5.26 Å². The maximum Gasteiger partial charge on any atom is 0.258 e. The topological polar surface area (TPSA) is 96.6 Å². The van der Waals surface area contributed by atoms with Crippen LogP contribution in [0.1, 0.15) is 35.3 Å². The third-order valence-electron chi connectivity index (χ3n) is 4.65. The van der Waals surface area contributed by atoms with Crippen LogP contribution >= 0.6 is 11.3 Å². The van der Waals surface area contributed by atoms with Gasteiger partial charge in [0.25, 0.3) is 5.56 Å². The summed E-state index contributed by atoms with van der Waals surface area (Å²) in [4.78, 5) is 24.7. The van der Waals surface area contributed by atoms with Gasteiger partial charge in [-0.25, -0.2) is 9.97 Å². The highest BCUT2D eigenvalue weighted by molar-refractivity contribution is 7.09. The summed E-state index contributed by atoms with van der Waals surface area (Å²) < 4.78 is 7.21. The quantitative estimate of drug-likeness (QED) is 0.563. The zero-order valence-corrected chi connectivity index (χ0v) is 15.6. The van der Waals surface area contributed by atoms with E-state index in [1.165, 1.54) is 30.2 Å². The van der Waals surface area contributed by atoms with Gasteiger partial charge in [-0.15, -0.1) is 11.3 Å². The lowest BCUT2D eigenvalue weighted by Crippen LogP contribution is -2.16. The number of nitrogens with one attached hydrogen (secondary N) is 1. The van der Waals surface area contributed by atoms with E-state index in [-0.39, 0.29) is 12.2 Å². The first-order valence-corrected chi connectivity index (χ1v) is 9.77. The molecule has 0 bridgehead atoms. The molecule has 3 heterocycles. The molecule has 1 aromatic carbocycles. The molecule has 0 aliphatic heterocycles. The van der Waals surface area contributed by atoms with Gasteiger partial charge in [-0.05, 0) is 37.1 Å². The Labute approximate surface area is 163 Å². The van der Waals surface area contributed by atoms with Crippen molar-refractivity contribution >= 4 is 22.4 Å². The number of pyridine rings is 1. The van der Waals surface area contributed by atoms with Gasteiger partial charge in [-0.1, -0.05) is 0 Å². The SMILES string of the molecule is N#Cc1csc(COc2ccn(-c3ccc4nc(C5CC5)[nH]c4c3)c(=O)c2)n1. The van der Waals surface area contributed by atoms with Crippen molar-refractivity contribution in [1.82, 2.24) is 19.5 Å². The van der Waals surface area contributed by atoms with Crippen LogP contribution in [-0.4, -0.2) is 19.5 Å². The molecule has 0 saturated heterocycles. The molecule has 3 aromatic heterocycles. The number of imidazole rings is 1. The molecule has 1 aliphatic rings. The molecule has 0 radical (unpaired) electrons. The minimum Gasteiger partial charge on any atom is -0.486 e. The summed E-state index contributed by atoms with van der Waals surface area (Å²) in [6.45, 7) is 0.222. The number of aromatic amines is 1. The fourth-order valence-electron chi connectivity index (χ4n) is 3.05. The second-order valence-corrected chi connectivity index (χ2v) is 7.64. The van der Waals surface area contributed by atoms with Crippen molar-refractivity contribution in [1.29, 1.82) is 5.26 Å². The van der Waals surface area contributed by atoms with Crippen LogP contribution in [0.25, 0.3) is 16.7 Å². The summed E-state index contributed by atoms with van der Waals surface area (Å²) in [5.41, 5.74) is 2.81. The summed E-state index contributed by atoms with van der Waals surface area (Å²) in [6.07, 6.45) is 4.07. The van der Waals surface area contributed by atoms with E-state index < -0.39 is 0 Å². The molecule has 8 heteroatoms. The zero-order valence-electron chi connectivity index (χ0n) is 14.8. The standard InChI is InChI=1S/C20H15N5O2S/c21-9-13-11-28-18(22-13)10-27-15-5-6-25(19(26)8-15)14-3-4-16-17(7-14)24-20(23-16)12-1-2-12/h3-8,11-12H,1-2,10H2,(H,23,24). The minimum absolute atomic E-state index is 0.185. The first-order valence-electron chi connectivity index (χ1n) is 8.89. The summed E-state index contributed by atoms with van der Waals surface area (Å²) in [7, 11) is 0. The number of hydrogen-bond donors (Lipinski definition) is 1. The fraction of sp³-hybridized carbons (Fsp3) is 0.200. The Balaban J connectivity index is 1.37. The predicted molar refractivity (Wildman–Crippen MR) is 105 cm³/mol. The minimum atomic E-state index is -0.185. The molecule has 1 N–H and O–H groups in total. The maximum atomic E-state index is 12.6. The number of H-pyrrole nitrogens is 1. The Hall–Kier alpha value is -3.44. The van der Waals surface area contributed by atoms with Crippen molar-refractivity contribution in [3.05, 3.63) is 68.8 Å². The number of thiazole rings is 1. The van der Waals surface area contributed by atoms with Crippen LogP contribution in [0.2, 0.25) is 0 Å². The van der Waals surface area contributed by atoms with Crippen LogP contribution in [0.4, 0.5) is 0 Å². The molecule has 1 aliphatic carbocycles. The molecule has 1 saturated carbocycles. The number of fused-ring (bicyclic) bond motifs is 1. The van der Waals surface area contributed by atoms with Gasteiger partial charge in [0.1, 0.15) is 29.3 Å². The fourth-order valence-corrected chi connectivity index (χ4v) is 3.69. The predicted octanol–water partition coefficient (Wildman–Crippen LogP) is 3.50. The first kappa shape index (κ1) is 16.7. The van der Waals surface area contributed by atoms with Crippen molar-refractivity contribution in [3.8, 4) is 17.5 Å². The highest BCUT2D eigenvalue weighted by Crippen LogP contribution is 2.39. The monoisotopic (exact) mass is 389 g/mol. The number of rotatable bonds is 5. The van der Waals surface area contributed by atoms with Gasteiger partial charge in [0.05, 0.1) is 16.7 Å². The number of benzene rings is 1. The van der Waals surface area contributed by atoms with E-state index in [4.69, 9.17) is 10.00 Å². The molecule has 138 valence electrons. The molecule has 0 amide bonds. The maximum absolute atomic E-state index is 12.6. The third kappa shape index (κ3) is 3.17. The summed E-state index contributed by atoms with van der Waals surface area (Å²) in [6, 6.07) is 10.9. The van der Waals surface area contributed by atoms with E-state index in [0.29, 0.717) is 22.4 Å². The Bertz CT molecular complexity index is 1280. The average molecular weight is 389 g/mol. The van der Waals surface area contributed by atoms with Crippen LogP contribution in [0.5, 0.6) is 5.75 Å². The number of ether oxygens (including phenoxy) is 1. The van der Waals surface area contributed by atoms with E-state index in [9.17, 15) is 4.79 Å². The van der Waals surface area contributed by atoms with Gasteiger partial charge in [0.15, 0.2) is 5.69 Å². The van der Waals surface area contributed by atoms with Gasteiger partial charge in [-0.3, -0.25) is 9.36 Å². The summed E-state index contributed by atoms with van der Waals surface area (Å²) >= 11 is 1.36. The van der Waals surface area contributed by atoms with Gasteiger partial charge in [0, 0.05) is 23.6 Å². The lowest BCUT2D eigenvalue weighted by atomic mass is 10.2. The number of nitriles is 1. The Morgan fingerprint density at radius 1 is 1.29 bits per heavy atom. The molecule has 28 heavy (non-hydrogen) atoms. The van der Waals surface area contributed by atoms with Gasteiger partial charge >= 0.3 is 0 Å². The van der Waals surface area contributed by atoms with E-state index in [2.05, 4.69) is 15.0 Å². The molecular weight excluding hydrogens is 374 g/mol. The second-order valence-electron chi connectivity index (χ2n) is 6.70. The van der Waals surface area contributed by atoms with E-state index in [1.807, 2.05) is 24.3 Å². The van der Waals surface area contributed by atoms with Crippen LogP contribution in [-0.2, 0) is 6.61 Å². The van der Waals surface area contributed by atoms with Gasteiger partial charge < -0.3 is 9.72 Å². The Morgan fingerprint density at radius 3 is 2.93 bits per heavy atom. The number of hydrogen-bond acceptors (Lipinski definition) is 6. The summed E-state index contributed by atoms with van der Waals surface area (Å²) in [5, 5.41) is 11.2. The molecule has 0 atom stereocenters. The molecule has 0 spiro atoms. The smallest absolute Gasteiger partial charge is 0.258 e. The lowest BCUT2D eigenvalue weighted by Gasteiger charge is -2.08. The normalized spacial score (nSPS) is 13.5. The van der Waals surface area contributed by atoms with Crippen LogP contribution in [0.15, 0.2) is 46.7 Å². The molecule has 1 fully saturated rings. The first-order chi connectivity index (χ1) is 13.7. The molecule has 4 aromatic rings. The van der Waals surface area contributed by atoms with Gasteiger partial charge in [0.2, 0.25) is 0 Å². The highest BCUT2D eigenvalue weighted by Gasteiger charge is 2.26. The Morgan fingerprint density at radius 2 is 2.18 bits per heavy atom. The lowest BCUT2D eigenvalue weighted by molar-refractivity contribution is 0.304. The zero-order chi connectivity index (χ0) is 19.1. The van der Waals surface area contributed by atoms with Crippen LogP contribution in [0.3, 0.4) is 0 Å². The molecule has 0 unspecified atom stereocenters. The van der Waals surface area contributed by atoms with Crippen molar-refractivity contribution in [2.75, 3.05) is 0 Å². The molecule has 7 nitrogen and oxygen atoms in total. The third-order valence-corrected chi connectivity index (χ3v) is 5.47. The van der Waals surface area contributed by atoms with E-state index in [0.717, 1.165) is 22.5 Å². The van der Waals surface area contributed by atoms with E-state index in [1.54, 1.807) is 22.2 Å².